The van der Waals surface area contributed by atoms with Gasteiger partial charge >= 0.3 is 0 Å². The highest BCUT2D eigenvalue weighted by Gasteiger charge is 2.22. The summed E-state index contributed by atoms with van der Waals surface area (Å²) < 4.78 is 5.83. The lowest BCUT2D eigenvalue weighted by molar-refractivity contribution is -0.00522. The van der Waals surface area contributed by atoms with E-state index in [1.807, 2.05) is 48.5 Å². The molecule has 6 nitrogen and oxygen atoms in total. The molecule has 178 valence electrons. The summed E-state index contributed by atoms with van der Waals surface area (Å²) >= 11 is 1.64. The molecule has 1 saturated heterocycles. The second-order valence-corrected chi connectivity index (χ2v) is 10.3. The van der Waals surface area contributed by atoms with E-state index < -0.39 is 0 Å². The standard InChI is InChI=1S/C27H32N4O2S/c1-18-15-31(16-19(2)33-18)24-12-10-20(11-13-24)26(32)28-23-9-5-6-21(14-23)25-17-34-27(30-25)29-22-7-3-4-8-22/h5-6,9-14,17-19,22H,3-4,7-8,15-16H2,1-2H3,(H,28,32)(H,29,30)/t18-,19+. The Hall–Kier alpha value is -2.90. The van der Waals surface area contributed by atoms with E-state index in [1.165, 1.54) is 25.7 Å². The number of nitrogens with one attached hydrogen (secondary N) is 2. The Balaban J connectivity index is 1.23. The van der Waals surface area contributed by atoms with Crippen molar-refractivity contribution in [3.05, 3.63) is 59.5 Å². The molecule has 0 spiro atoms. The van der Waals surface area contributed by atoms with Crippen molar-refractivity contribution in [1.29, 1.82) is 0 Å². The van der Waals surface area contributed by atoms with Crippen LogP contribution in [0, 0.1) is 0 Å². The van der Waals surface area contributed by atoms with Crippen LogP contribution in [-0.2, 0) is 4.74 Å². The lowest BCUT2D eigenvalue weighted by atomic mass is 10.1. The Morgan fingerprint density at radius 3 is 2.53 bits per heavy atom. The number of anilines is 3. The van der Waals surface area contributed by atoms with Crippen LogP contribution in [-0.4, -0.2) is 42.2 Å². The number of hydrogen-bond donors (Lipinski definition) is 2. The maximum atomic E-state index is 12.9. The molecule has 1 amide bonds. The van der Waals surface area contributed by atoms with Crippen LogP contribution in [0.1, 0.15) is 49.9 Å². The minimum atomic E-state index is -0.116. The fraction of sp³-hybridized carbons (Fsp3) is 0.407. The average Bonchev–Trinajstić information content (AvgIpc) is 3.51. The maximum absolute atomic E-state index is 12.9. The van der Waals surface area contributed by atoms with Crippen molar-refractivity contribution in [2.24, 2.45) is 0 Å². The molecule has 2 aromatic carbocycles. The van der Waals surface area contributed by atoms with Gasteiger partial charge in [-0.3, -0.25) is 4.79 Å². The summed E-state index contributed by atoms with van der Waals surface area (Å²) in [4.78, 5) is 20.0. The van der Waals surface area contributed by atoms with Crippen LogP contribution in [0.3, 0.4) is 0 Å². The van der Waals surface area contributed by atoms with E-state index in [9.17, 15) is 4.79 Å². The number of morpholine rings is 1. The topological polar surface area (TPSA) is 66.5 Å². The Kier molecular flexibility index (Phi) is 6.83. The number of rotatable bonds is 6. The summed E-state index contributed by atoms with van der Waals surface area (Å²) in [6.07, 6.45) is 5.44. The monoisotopic (exact) mass is 476 g/mol. The van der Waals surface area contributed by atoms with E-state index >= 15 is 0 Å². The minimum Gasteiger partial charge on any atom is -0.372 e. The van der Waals surface area contributed by atoms with Gasteiger partial charge in [0.05, 0.1) is 17.9 Å². The number of hydrogen-bond acceptors (Lipinski definition) is 6. The number of nitrogens with zero attached hydrogens (tertiary/aromatic N) is 2. The molecule has 7 heteroatoms. The van der Waals surface area contributed by atoms with Crippen molar-refractivity contribution in [2.45, 2.75) is 57.8 Å². The zero-order chi connectivity index (χ0) is 23.5. The van der Waals surface area contributed by atoms with E-state index in [0.29, 0.717) is 11.6 Å². The average molecular weight is 477 g/mol. The van der Waals surface area contributed by atoms with Crippen LogP contribution in [0.4, 0.5) is 16.5 Å². The number of benzene rings is 2. The highest BCUT2D eigenvalue weighted by Crippen LogP contribution is 2.29. The van der Waals surface area contributed by atoms with E-state index in [-0.39, 0.29) is 18.1 Å². The van der Waals surface area contributed by atoms with Crippen LogP contribution in [0.2, 0.25) is 0 Å². The first-order chi connectivity index (χ1) is 16.5. The highest BCUT2D eigenvalue weighted by atomic mass is 32.1. The first kappa shape index (κ1) is 22.9. The van der Waals surface area contributed by atoms with Crippen molar-refractivity contribution in [3.8, 4) is 11.3 Å². The largest absolute Gasteiger partial charge is 0.372 e. The van der Waals surface area contributed by atoms with Gasteiger partial charge in [-0.25, -0.2) is 4.98 Å². The fourth-order valence-electron chi connectivity index (χ4n) is 4.89. The van der Waals surface area contributed by atoms with Crippen LogP contribution in [0.15, 0.2) is 53.9 Å². The normalized spacial score (nSPS) is 20.9. The predicted molar refractivity (Wildman–Crippen MR) is 140 cm³/mol. The Labute approximate surface area is 205 Å². The quantitative estimate of drug-likeness (QED) is 0.455. The summed E-state index contributed by atoms with van der Waals surface area (Å²) in [5.41, 5.74) is 4.45. The molecular formula is C27H32N4O2S. The van der Waals surface area contributed by atoms with Crippen molar-refractivity contribution >= 4 is 33.8 Å². The molecule has 0 bridgehead atoms. The third-order valence-electron chi connectivity index (χ3n) is 6.52. The van der Waals surface area contributed by atoms with Crippen LogP contribution in [0.5, 0.6) is 0 Å². The molecule has 2 fully saturated rings. The zero-order valence-corrected chi connectivity index (χ0v) is 20.6. The molecule has 2 N–H and O–H groups in total. The Bertz CT molecular complexity index is 1110. The smallest absolute Gasteiger partial charge is 0.255 e. The Morgan fingerprint density at radius 1 is 1.06 bits per heavy atom. The molecule has 0 unspecified atom stereocenters. The lowest BCUT2D eigenvalue weighted by Crippen LogP contribution is -2.45. The number of amides is 1. The number of aromatic nitrogens is 1. The number of carbonyl (C=O) groups excluding carboxylic acids is 1. The predicted octanol–water partition coefficient (Wildman–Crippen LogP) is 6.03. The molecule has 0 radical (unpaired) electrons. The summed E-state index contributed by atoms with van der Waals surface area (Å²) in [6, 6.07) is 16.2. The van der Waals surface area contributed by atoms with Gasteiger partial charge < -0.3 is 20.3 Å². The zero-order valence-electron chi connectivity index (χ0n) is 19.8. The third kappa shape index (κ3) is 5.42. The number of ether oxygens (including phenoxy) is 1. The van der Waals surface area contributed by atoms with Gasteiger partial charge in [-0.2, -0.15) is 0 Å². The van der Waals surface area contributed by atoms with Crippen molar-refractivity contribution in [1.82, 2.24) is 4.98 Å². The summed E-state index contributed by atoms with van der Waals surface area (Å²) in [5, 5.41) is 9.64. The molecule has 5 rings (SSSR count). The Morgan fingerprint density at radius 2 is 1.79 bits per heavy atom. The van der Waals surface area contributed by atoms with Gasteiger partial charge in [-0.15, -0.1) is 11.3 Å². The van der Waals surface area contributed by atoms with E-state index in [0.717, 1.165) is 40.9 Å². The van der Waals surface area contributed by atoms with Gasteiger partial charge in [0.1, 0.15) is 0 Å². The lowest BCUT2D eigenvalue weighted by Gasteiger charge is -2.36. The molecule has 1 saturated carbocycles. The molecule has 3 aromatic rings. The van der Waals surface area contributed by atoms with Gasteiger partial charge in [-0.1, -0.05) is 25.0 Å². The van der Waals surface area contributed by atoms with E-state index in [4.69, 9.17) is 9.72 Å². The second-order valence-electron chi connectivity index (χ2n) is 9.41. The van der Waals surface area contributed by atoms with Gasteiger partial charge in [-0.05, 0) is 63.1 Å². The minimum absolute atomic E-state index is 0.116. The van der Waals surface area contributed by atoms with Crippen LogP contribution >= 0.6 is 11.3 Å². The summed E-state index contributed by atoms with van der Waals surface area (Å²) in [6.45, 7) is 5.91. The molecule has 2 heterocycles. The van der Waals surface area contributed by atoms with Gasteiger partial charge in [0.25, 0.3) is 5.91 Å². The summed E-state index contributed by atoms with van der Waals surface area (Å²) in [5.74, 6) is -0.116. The van der Waals surface area contributed by atoms with Crippen molar-refractivity contribution in [2.75, 3.05) is 28.6 Å². The van der Waals surface area contributed by atoms with Crippen molar-refractivity contribution in [3.63, 3.8) is 0 Å². The number of thiazole rings is 1. The van der Waals surface area contributed by atoms with Gasteiger partial charge in [0, 0.05) is 47.0 Å². The first-order valence-corrected chi connectivity index (χ1v) is 13.1. The second kappa shape index (κ2) is 10.2. The van der Waals surface area contributed by atoms with E-state index in [2.05, 4.69) is 34.8 Å². The molecule has 2 aliphatic rings. The molecule has 2 atom stereocenters. The first-order valence-electron chi connectivity index (χ1n) is 12.2. The molecule has 1 aliphatic carbocycles. The molecule has 34 heavy (non-hydrogen) atoms. The van der Waals surface area contributed by atoms with E-state index in [1.54, 1.807) is 11.3 Å². The van der Waals surface area contributed by atoms with Crippen LogP contribution < -0.4 is 15.5 Å². The molecule has 1 aromatic heterocycles. The molecular weight excluding hydrogens is 444 g/mol. The fourth-order valence-corrected chi connectivity index (χ4v) is 5.69. The van der Waals surface area contributed by atoms with Gasteiger partial charge in [0.2, 0.25) is 0 Å². The molecule has 1 aliphatic heterocycles. The van der Waals surface area contributed by atoms with Gasteiger partial charge in [0.15, 0.2) is 5.13 Å². The maximum Gasteiger partial charge on any atom is 0.255 e. The third-order valence-corrected chi connectivity index (χ3v) is 7.29. The summed E-state index contributed by atoms with van der Waals surface area (Å²) in [7, 11) is 0. The number of carbonyl (C=O) groups is 1. The SMILES string of the molecule is C[C@@H]1CN(c2ccc(C(=O)Nc3cccc(-c4csc(NC5CCCC5)n4)c3)cc2)C[C@H](C)O1. The van der Waals surface area contributed by atoms with Crippen LogP contribution in [0.25, 0.3) is 11.3 Å². The highest BCUT2D eigenvalue weighted by molar-refractivity contribution is 7.14. The van der Waals surface area contributed by atoms with Crippen molar-refractivity contribution < 1.29 is 9.53 Å².